The number of ether oxygens (including phenoxy) is 2. The average Bonchev–Trinajstić information content (AvgIpc) is 2.48. The number of methoxy groups -OCH3 is 1. The van der Waals surface area contributed by atoms with Gasteiger partial charge >= 0.3 is 0 Å². The Morgan fingerprint density at radius 2 is 2.05 bits per heavy atom. The van der Waals surface area contributed by atoms with Crippen molar-refractivity contribution < 1.29 is 14.6 Å². The third-order valence-electron chi connectivity index (χ3n) is 4.30. The van der Waals surface area contributed by atoms with Gasteiger partial charge in [0.05, 0.1) is 13.7 Å². The lowest BCUT2D eigenvalue weighted by molar-refractivity contribution is 0.196. The Labute approximate surface area is 127 Å². The number of hydrogen-bond donors (Lipinski definition) is 2. The van der Waals surface area contributed by atoms with Gasteiger partial charge in [-0.1, -0.05) is 13.8 Å². The molecule has 118 valence electrons. The maximum atomic E-state index is 8.90. The highest BCUT2D eigenvalue weighted by molar-refractivity contribution is 5.55. The summed E-state index contributed by atoms with van der Waals surface area (Å²) in [5, 5.41) is 12.5. The van der Waals surface area contributed by atoms with Gasteiger partial charge in [-0.15, -0.1) is 0 Å². The highest BCUT2D eigenvalue weighted by atomic mass is 16.5. The predicted molar refractivity (Wildman–Crippen MR) is 85.2 cm³/mol. The SMILES string of the molecule is COc1ccc(NC2CCC(C)CC2C)cc1OCCO. The van der Waals surface area contributed by atoms with Crippen LogP contribution >= 0.6 is 0 Å². The minimum Gasteiger partial charge on any atom is -0.493 e. The molecule has 1 aliphatic carbocycles. The van der Waals surface area contributed by atoms with Crippen molar-refractivity contribution in [2.75, 3.05) is 25.6 Å². The minimum absolute atomic E-state index is 0.00163. The molecule has 1 fully saturated rings. The molecule has 1 saturated carbocycles. The lowest BCUT2D eigenvalue weighted by Gasteiger charge is -2.34. The molecule has 1 aromatic rings. The van der Waals surface area contributed by atoms with Crippen molar-refractivity contribution in [3.05, 3.63) is 18.2 Å². The van der Waals surface area contributed by atoms with Crippen LogP contribution in [0.3, 0.4) is 0 Å². The molecule has 3 atom stereocenters. The predicted octanol–water partition coefficient (Wildman–Crippen LogP) is 3.30. The Balaban J connectivity index is 2.05. The molecular formula is C17H27NO3. The maximum absolute atomic E-state index is 8.90. The highest BCUT2D eigenvalue weighted by Gasteiger charge is 2.25. The smallest absolute Gasteiger partial charge is 0.163 e. The monoisotopic (exact) mass is 293 g/mol. The third-order valence-corrected chi connectivity index (χ3v) is 4.30. The van der Waals surface area contributed by atoms with Crippen LogP contribution in [0.5, 0.6) is 11.5 Å². The van der Waals surface area contributed by atoms with Gasteiger partial charge in [-0.2, -0.15) is 0 Å². The quantitative estimate of drug-likeness (QED) is 0.845. The van der Waals surface area contributed by atoms with Gasteiger partial charge in [0.1, 0.15) is 6.61 Å². The Morgan fingerprint density at radius 3 is 2.71 bits per heavy atom. The van der Waals surface area contributed by atoms with Crippen molar-refractivity contribution in [3.63, 3.8) is 0 Å². The van der Waals surface area contributed by atoms with E-state index < -0.39 is 0 Å². The van der Waals surface area contributed by atoms with E-state index in [1.807, 2.05) is 18.2 Å². The number of aliphatic hydroxyl groups is 1. The summed E-state index contributed by atoms with van der Waals surface area (Å²) >= 11 is 0. The van der Waals surface area contributed by atoms with Gasteiger partial charge in [-0.3, -0.25) is 0 Å². The fourth-order valence-corrected chi connectivity index (χ4v) is 3.13. The Bertz CT molecular complexity index is 450. The number of aliphatic hydroxyl groups excluding tert-OH is 1. The molecule has 4 nitrogen and oxygen atoms in total. The standard InChI is InChI=1S/C17H27NO3/c1-12-4-6-15(13(2)10-12)18-14-5-7-16(20-3)17(11-14)21-9-8-19/h5,7,11-13,15,18-19H,4,6,8-10H2,1-3H3. The van der Waals surface area contributed by atoms with Crippen LogP contribution in [0.2, 0.25) is 0 Å². The molecule has 0 aromatic heterocycles. The Morgan fingerprint density at radius 1 is 1.24 bits per heavy atom. The first kappa shape index (κ1) is 16.0. The molecule has 1 aromatic carbocycles. The summed E-state index contributed by atoms with van der Waals surface area (Å²) in [4.78, 5) is 0. The van der Waals surface area contributed by atoms with Crippen LogP contribution < -0.4 is 14.8 Å². The number of nitrogens with one attached hydrogen (secondary N) is 1. The zero-order chi connectivity index (χ0) is 15.2. The zero-order valence-corrected chi connectivity index (χ0v) is 13.3. The summed E-state index contributed by atoms with van der Waals surface area (Å²) in [6, 6.07) is 6.40. The van der Waals surface area contributed by atoms with E-state index in [0.717, 1.165) is 11.6 Å². The van der Waals surface area contributed by atoms with E-state index in [0.29, 0.717) is 23.5 Å². The maximum Gasteiger partial charge on any atom is 0.163 e. The molecule has 2 rings (SSSR count). The lowest BCUT2D eigenvalue weighted by Crippen LogP contribution is -2.32. The minimum atomic E-state index is -0.00163. The second-order valence-electron chi connectivity index (χ2n) is 6.08. The van der Waals surface area contributed by atoms with Crippen LogP contribution in [-0.4, -0.2) is 31.5 Å². The van der Waals surface area contributed by atoms with Crippen LogP contribution in [0, 0.1) is 11.8 Å². The van der Waals surface area contributed by atoms with Gasteiger partial charge in [0.15, 0.2) is 11.5 Å². The van der Waals surface area contributed by atoms with Gasteiger partial charge in [0, 0.05) is 17.8 Å². The van der Waals surface area contributed by atoms with Crippen molar-refractivity contribution in [3.8, 4) is 11.5 Å². The van der Waals surface area contributed by atoms with Crippen LogP contribution in [-0.2, 0) is 0 Å². The van der Waals surface area contributed by atoms with Crippen molar-refractivity contribution in [2.24, 2.45) is 11.8 Å². The summed E-state index contributed by atoms with van der Waals surface area (Å²) in [6.07, 6.45) is 3.77. The number of benzene rings is 1. The number of anilines is 1. The van der Waals surface area contributed by atoms with Crippen molar-refractivity contribution in [2.45, 2.75) is 39.2 Å². The first-order valence-corrected chi connectivity index (χ1v) is 7.82. The summed E-state index contributed by atoms with van der Waals surface area (Å²) in [5.74, 6) is 2.88. The van der Waals surface area contributed by atoms with Crippen LogP contribution in [0.1, 0.15) is 33.1 Å². The van der Waals surface area contributed by atoms with Gasteiger partial charge in [-0.25, -0.2) is 0 Å². The van der Waals surface area contributed by atoms with Gasteiger partial charge in [0.2, 0.25) is 0 Å². The van der Waals surface area contributed by atoms with Gasteiger partial charge in [-0.05, 0) is 43.2 Å². The number of rotatable bonds is 6. The molecule has 0 saturated heterocycles. The first-order valence-electron chi connectivity index (χ1n) is 7.82. The first-order chi connectivity index (χ1) is 10.1. The molecule has 4 heteroatoms. The second kappa shape index (κ2) is 7.55. The van der Waals surface area contributed by atoms with E-state index >= 15 is 0 Å². The van der Waals surface area contributed by atoms with E-state index in [-0.39, 0.29) is 13.2 Å². The van der Waals surface area contributed by atoms with E-state index in [4.69, 9.17) is 14.6 Å². The summed E-state index contributed by atoms with van der Waals surface area (Å²) in [5.41, 5.74) is 1.05. The lowest BCUT2D eigenvalue weighted by atomic mass is 9.80. The molecule has 21 heavy (non-hydrogen) atoms. The molecule has 0 bridgehead atoms. The molecule has 2 N–H and O–H groups in total. The molecule has 0 spiro atoms. The van der Waals surface area contributed by atoms with Crippen molar-refractivity contribution in [1.29, 1.82) is 0 Å². The number of hydrogen-bond acceptors (Lipinski definition) is 4. The molecular weight excluding hydrogens is 266 g/mol. The van der Waals surface area contributed by atoms with E-state index in [9.17, 15) is 0 Å². The Hall–Kier alpha value is -1.42. The molecule has 0 radical (unpaired) electrons. The largest absolute Gasteiger partial charge is 0.493 e. The van der Waals surface area contributed by atoms with Gasteiger partial charge < -0.3 is 19.9 Å². The summed E-state index contributed by atoms with van der Waals surface area (Å²) in [6.45, 7) is 4.93. The highest BCUT2D eigenvalue weighted by Crippen LogP contribution is 2.34. The van der Waals surface area contributed by atoms with E-state index in [1.54, 1.807) is 7.11 Å². The molecule has 1 aliphatic rings. The fourth-order valence-electron chi connectivity index (χ4n) is 3.13. The topological polar surface area (TPSA) is 50.7 Å². The molecule has 0 amide bonds. The fraction of sp³-hybridized carbons (Fsp3) is 0.647. The zero-order valence-electron chi connectivity index (χ0n) is 13.3. The van der Waals surface area contributed by atoms with E-state index in [2.05, 4.69) is 19.2 Å². The second-order valence-corrected chi connectivity index (χ2v) is 6.08. The summed E-state index contributed by atoms with van der Waals surface area (Å²) < 4.78 is 10.8. The summed E-state index contributed by atoms with van der Waals surface area (Å²) in [7, 11) is 1.62. The Kier molecular flexibility index (Phi) is 5.74. The van der Waals surface area contributed by atoms with Crippen LogP contribution in [0.15, 0.2) is 18.2 Å². The van der Waals surface area contributed by atoms with Crippen LogP contribution in [0.4, 0.5) is 5.69 Å². The van der Waals surface area contributed by atoms with Gasteiger partial charge in [0.25, 0.3) is 0 Å². The van der Waals surface area contributed by atoms with Crippen molar-refractivity contribution in [1.82, 2.24) is 0 Å². The molecule has 0 heterocycles. The van der Waals surface area contributed by atoms with Crippen molar-refractivity contribution >= 4 is 5.69 Å². The normalized spacial score (nSPS) is 25.4. The molecule has 3 unspecified atom stereocenters. The van der Waals surface area contributed by atoms with E-state index in [1.165, 1.54) is 19.3 Å². The third kappa shape index (κ3) is 4.27. The van der Waals surface area contributed by atoms with Crippen LogP contribution in [0.25, 0.3) is 0 Å². The molecule has 0 aliphatic heterocycles. The average molecular weight is 293 g/mol.